The Balaban J connectivity index is 1.36. The van der Waals surface area contributed by atoms with Crippen molar-refractivity contribution in [3.63, 3.8) is 0 Å². The topological polar surface area (TPSA) is 69.6 Å². The van der Waals surface area contributed by atoms with E-state index < -0.39 is 0 Å². The summed E-state index contributed by atoms with van der Waals surface area (Å²) >= 11 is 7.64. The first-order valence-electron chi connectivity index (χ1n) is 11.9. The lowest BCUT2D eigenvalue weighted by Gasteiger charge is -2.40. The maximum Gasteiger partial charge on any atom is 0.254 e. The van der Waals surface area contributed by atoms with Gasteiger partial charge in [0.15, 0.2) is 5.16 Å². The maximum absolute atomic E-state index is 13.0. The molecule has 182 valence electrons. The number of piperazine rings is 1. The minimum absolute atomic E-state index is 0.0236. The van der Waals surface area contributed by atoms with E-state index in [4.69, 9.17) is 11.6 Å². The molecular weight excluding hydrogens is 470 g/mol. The third-order valence-corrected chi connectivity index (χ3v) is 7.66. The van der Waals surface area contributed by atoms with Gasteiger partial charge < -0.3 is 14.7 Å². The van der Waals surface area contributed by atoms with E-state index in [2.05, 4.69) is 28.7 Å². The first kappa shape index (κ1) is 24.8. The number of thioether (sulfide) groups is 1. The van der Waals surface area contributed by atoms with Crippen LogP contribution in [0.15, 0.2) is 35.5 Å². The number of halogens is 1. The number of aryl methyl sites for hydroxylation is 1. The first-order chi connectivity index (χ1) is 16.3. The van der Waals surface area contributed by atoms with E-state index in [0.29, 0.717) is 47.2 Å². The van der Waals surface area contributed by atoms with Crippen molar-refractivity contribution in [1.29, 1.82) is 0 Å². The van der Waals surface area contributed by atoms with Crippen molar-refractivity contribution in [2.45, 2.75) is 44.8 Å². The van der Waals surface area contributed by atoms with E-state index >= 15 is 0 Å². The molecule has 1 aromatic heterocycles. The smallest absolute Gasteiger partial charge is 0.254 e. The Bertz CT molecular complexity index is 1030. The molecule has 4 rings (SSSR count). The number of piperidine rings is 1. The van der Waals surface area contributed by atoms with Gasteiger partial charge in [-0.05, 0) is 44.7 Å². The van der Waals surface area contributed by atoms with Crippen LogP contribution in [0, 0.1) is 12.8 Å². The SMILES string of the molecule is Cc1ccc(C(=O)N2CCN(c3cc(Cl)nc(SCC(=O)N4CCC(C)CC4)n3)CC2C)cc1. The number of hydrogen-bond donors (Lipinski definition) is 0. The van der Waals surface area contributed by atoms with E-state index in [1.807, 2.05) is 41.0 Å². The average molecular weight is 502 g/mol. The minimum atomic E-state index is 0.0236. The van der Waals surface area contributed by atoms with Crippen molar-refractivity contribution in [1.82, 2.24) is 19.8 Å². The molecule has 2 aromatic rings. The summed E-state index contributed by atoms with van der Waals surface area (Å²) in [6.07, 6.45) is 2.12. The van der Waals surface area contributed by atoms with Gasteiger partial charge in [0, 0.05) is 50.4 Å². The molecule has 2 aliphatic rings. The van der Waals surface area contributed by atoms with Gasteiger partial charge in [0.05, 0.1) is 5.75 Å². The van der Waals surface area contributed by atoms with Gasteiger partial charge in [-0.1, -0.05) is 48.0 Å². The monoisotopic (exact) mass is 501 g/mol. The molecule has 1 unspecified atom stereocenters. The number of likely N-dealkylation sites (tertiary alicyclic amines) is 1. The summed E-state index contributed by atoms with van der Waals surface area (Å²) in [6, 6.07) is 9.48. The molecule has 2 fully saturated rings. The zero-order valence-corrected chi connectivity index (χ0v) is 21.6. The van der Waals surface area contributed by atoms with Crippen LogP contribution in [0.4, 0.5) is 5.82 Å². The minimum Gasteiger partial charge on any atom is -0.353 e. The molecule has 0 N–H and O–H groups in total. The second-order valence-corrected chi connectivity index (χ2v) is 10.7. The number of hydrogen-bond acceptors (Lipinski definition) is 6. The van der Waals surface area contributed by atoms with Gasteiger partial charge in [-0.2, -0.15) is 0 Å². The predicted octanol–water partition coefficient (Wildman–Crippen LogP) is 4.14. The molecule has 2 saturated heterocycles. The van der Waals surface area contributed by atoms with Gasteiger partial charge >= 0.3 is 0 Å². The molecule has 34 heavy (non-hydrogen) atoms. The molecule has 0 radical (unpaired) electrons. The number of amides is 2. The highest BCUT2D eigenvalue weighted by Gasteiger charge is 2.29. The summed E-state index contributed by atoms with van der Waals surface area (Å²) < 4.78 is 0. The van der Waals surface area contributed by atoms with Crippen molar-refractivity contribution >= 4 is 41.0 Å². The summed E-state index contributed by atoms with van der Waals surface area (Å²) in [6.45, 7) is 9.86. The molecule has 3 heterocycles. The fourth-order valence-corrected chi connectivity index (χ4v) is 5.40. The third kappa shape index (κ3) is 6.02. The maximum atomic E-state index is 13.0. The molecule has 0 saturated carbocycles. The van der Waals surface area contributed by atoms with Gasteiger partial charge in [-0.15, -0.1) is 0 Å². The standard InChI is InChI=1S/C25H32ClN5O2S/c1-17-4-6-20(7-5-17)24(33)31-13-12-30(15-19(31)3)22-14-21(26)27-25(28-22)34-16-23(32)29-10-8-18(2)9-11-29/h4-7,14,18-19H,8-13,15-16H2,1-3H3. The van der Waals surface area contributed by atoms with E-state index in [-0.39, 0.29) is 17.9 Å². The number of carbonyl (C=O) groups is 2. The number of nitrogens with zero attached hydrogens (tertiary/aromatic N) is 5. The van der Waals surface area contributed by atoms with E-state index in [9.17, 15) is 9.59 Å². The van der Waals surface area contributed by atoms with Gasteiger partial charge in [0.1, 0.15) is 11.0 Å². The molecule has 1 atom stereocenters. The van der Waals surface area contributed by atoms with Crippen LogP contribution in [0.1, 0.15) is 42.6 Å². The number of rotatable bonds is 5. The van der Waals surface area contributed by atoms with Crippen molar-refractivity contribution in [3.05, 3.63) is 46.6 Å². The fraction of sp³-hybridized carbons (Fsp3) is 0.520. The molecule has 7 nitrogen and oxygen atoms in total. The molecule has 0 bridgehead atoms. The number of anilines is 1. The molecule has 2 amide bonds. The van der Waals surface area contributed by atoms with Crippen molar-refractivity contribution in [2.24, 2.45) is 5.92 Å². The molecule has 1 aromatic carbocycles. The Morgan fingerprint density at radius 2 is 1.76 bits per heavy atom. The van der Waals surface area contributed by atoms with E-state index in [1.54, 1.807) is 6.07 Å². The summed E-state index contributed by atoms with van der Waals surface area (Å²) in [4.78, 5) is 40.6. The summed E-state index contributed by atoms with van der Waals surface area (Å²) in [5, 5.41) is 0.865. The number of benzene rings is 1. The summed E-state index contributed by atoms with van der Waals surface area (Å²) in [5.74, 6) is 1.90. The third-order valence-electron chi connectivity index (χ3n) is 6.63. The zero-order chi connectivity index (χ0) is 24.2. The highest BCUT2D eigenvalue weighted by atomic mass is 35.5. The van der Waals surface area contributed by atoms with Crippen LogP contribution in [0.25, 0.3) is 0 Å². The van der Waals surface area contributed by atoms with Gasteiger partial charge in [0.2, 0.25) is 5.91 Å². The first-order valence-corrected chi connectivity index (χ1v) is 13.2. The molecule has 0 aliphatic carbocycles. The second kappa shape index (κ2) is 11.0. The summed E-state index contributed by atoms with van der Waals surface area (Å²) in [5.41, 5.74) is 1.85. The van der Waals surface area contributed by atoms with Crippen LogP contribution in [0.2, 0.25) is 5.15 Å². The molecular formula is C25H32ClN5O2S. The Labute approximate surface area is 210 Å². The van der Waals surface area contributed by atoms with Gasteiger partial charge in [-0.3, -0.25) is 9.59 Å². The van der Waals surface area contributed by atoms with E-state index in [1.165, 1.54) is 11.8 Å². The zero-order valence-electron chi connectivity index (χ0n) is 20.0. The highest BCUT2D eigenvalue weighted by Crippen LogP contribution is 2.25. The number of aromatic nitrogens is 2. The lowest BCUT2D eigenvalue weighted by molar-refractivity contribution is -0.129. The lowest BCUT2D eigenvalue weighted by Crippen LogP contribution is -2.54. The average Bonchev–Trinajstić information content (AvgIpc) is 2.82. The van der Waals surface area contributed by atoms with Crippen molar-refractivity contribution in [3.8, 4) is 0 Å². The molecule has 2 aliphatic heterocycles. The quantitative estimate of drug-likeness (QED) is 0.348. The van der Waals surface area contributed by atoms with Crippen LogP contribution >= 0.6 is 23.4 Å². The van der Waals surface area contributed by atoms with Crippen LogP contribution < -0.4 is 4.90 Å². The summed E-state index contributed by atoms with van der Waals surface area (Å²) in [7, 11) is 0. The number of carbonyl (C=O) groups excluding carboxylic acids is 2. The molecule has 0 spiro atoms. The Kier molecular flexibility index (Phi) is 7.99. The van der Waals surface area contributed by atoms with Crippen molar-refractivity contribution in [2.75, 3.05) is 43.4 Å². The van der Waals surface area contributed by atoms with Gasteiger partial charge in [0.25, 0.3) is 5.91 Å². The van der Waals surface area contributed by atoms with Crippen LogP contribution in [-0.2, 0) is 4.79 Å². The van der Waals surface area contributed by atoms with Crippen LogP contribution in [-0.4, -0.2) is 76.1 Å². The Morgan fingerprint density at radius 3 is 2.44 bits per heavy atom. The van der Waals surface area contributed by atoms with Crippen LogP contribution in [0.3, 0.4) is 0 Å². The van der Waals surface area contributed by atoms with E-state index in [0.717, 1.165) is 37.3 Å². The largest absolute Gasteiger partial charge is 0.353 e. The Morgan fingerprint density at radius 1 is 1.06 bits per heavy atom. The highest BCUT2D eigenvalue weighted by molar-refractivity contribution is 7.99. The predicted molar refractivity (Wildman–Crippen MR) is 137 cm³/mol. The fourth-order valence-electron chi connectivity index (χ4n) is 4.42. The normalized spacial score (nSPS) is 19.4. The Hall–Kier alpha value is -2.32. The van der Waals surface area contributed by atoms with Crippen molar-refractivity contribution < 1.29 is 9.59 Å². The second-order valence-electron chi connectivity index (χ2n) is 9.34. The van der Waals surface area contributed by atoms with Crippen LogP contribution in [0.5, 0.6) is 0 Å². The lowest BCUT2D eigenvalue weighted by atomic mass is 9.99. The van der Waals surface area contributed by atoms with Gasteiger partial charge in [-0.25, -0.2) is 9.97 Å². The molecule has 9 heteroatoms.